The molecule has 0 bridgehead atoms. The smallest absolute Gasteiger partial charge is 0.266 e. The fourth-order valence-electron chi connectivity index (χ4n) is 7.42. The summed E-state index contributed by atoms with van der Waals surface area (Å²) >= 11 is 0. The first-order valence-electron chi connectivity index (χ1n) is 16.3. The van der Waals surface area contributed by atoms with E-state index in [0.29, 0.717) is 49.6 Å². The lowest BCUT2D eigenvalue weighted by Gasteiger charge is -2.30. The van der Waals surface area contributed by atoms with E-state index in [2.05, 4.69) is 47.6 Å². The second-order valence-corrected chi connectivity index (χ2v) is 15.0. The summed E-state index contributed by atoms with van der Waals surface area (Å²) in [5.41, 5.74) is 4.50. The predicted octanol–water partition coefficient (Wildman–Crippen LogP) is 9.10. The molecule has 0 N–H and O–H groups in total. The first-order valence-corrected chi connectivity index (χ1v) is 16.3. The first-order chi connectivity index (χ1) is 22.8. The number of fused-ring (bicyclic) bond motifs is 1. The van der Waals surface area contributed by atoms with Gasteiger partial charge < -0.3 is 0 Å². The van der Waals surface area contributed by atoms with Gasteiger partial charge in [-0.3, -0.25) is 19.2 Å². The molecule has 0 saturated heterocycles. The van der Waals surface area contributed by atoms with Crippen molar-refractivity contribution in [2.45, 2.75) is 58.3 Å². The number of amides is 2. The fraction of sp³-hybridized carbons (Fsp3) is 0.214. The molecule has 1 unspecified atom stereocenters. The van der Waals surface area contributed by atoms with E-state index < -0.39 is 17.7 Å². The lowest BCUT2D eigenvalue weighted by molar-refractivity contribution is 0.0847. The number of hydrogen-bond acceptors (Lipinski definition) is 5. The third-order valence-corrected chi connectivity index (χ3v) is 9.87. The number of pyridine rings is 1. The summed E-state index contributed by atoms with van der Waals surface area (Å²) < 4.78 is 0. The standard InChI is InChI=1S/C42H34N2O4/c1-41(2,3)24-20-23-11-7-13-26-33(23)29(21-24)38(46)35(37(26)45)31-19-16-22-10-8-15-32(36(22)43-31)44-39(47)27-14-9-12-25-30(42(4,5)6)18-17-28(34(25)27)40(44)48/h7-21,35H,1-6H3. The maximum atomic E-state index is 14.3. The molecule has 1 aromatic heterocycles. The van der Waals surface area contributed by atoms with Crippen LogP contribution in [0.3, 0.4) is 0 Å². The van der Waals surface area contributed by atoms with Crippen molar-refractivity contribution < 1.29 is 19.2 Å². The molecule has 0 spiro atoms. The van der Waals surface area contributed by atoms with Gasteiger partial charge in [0.1, 0.15) is 5.92 Å². The zero-order valence-corrected chi connectivity index (χ0v) is 27.8. The molecule has 8 rings (SSSR count). The van der Waals surface area contributed by atoms with E-state index in [1.807, 2.05) is 42.5 Å². The number of anilines is 1. The SMILES string of the molecule is CC(C)(C)c1cc2c3c(cccc3c1)C(=O)C(c1ccc3cccc(N4C(=O)c5cccc6c(C(C)(C)C)ccc(c56)C4=O)c3n1)C2=O. The van der Waals surface area contributed by atoms with Crippen LogP contribution in [-0.4, -0.2) is 28.4 Å². The monoisotopic (exact) mass is 630 g/mol. The summed E-state index contributed by atoms with van der Waals surface area (Å²) in [6.07, 6.45) is 0. The van der Waals surface area contributed by atoms with Gasteiger partial charge >= 0.3 is 0 Å². The molecule has 2 aliphatic rings. The van der Waals surface area contributed by atoms with Crippen LogP contribution >= 0.6 is 0 Å². The van der Waals surface area contributed by atoms with Crippen molar-refractivity contribution in [2.24, 2.45) is 0 Å². The average Bonchev–Trinajstić information content (AvgIpc) is 3.05. The number of benzene rings is 5. The number of imide groups is 1. The Labute approximate surface area is 278 Å². The van der Waals surface area contributed by atoms with Crippen molar-refractivity contribution >= 4 is 61.5 Å². The van der Waals surface area contributed by atoms with Crippen LogP contribution in [0.15, 0.2) is 91.0 Å². The summed E-state index contributed by atoms with van der Waals surface area (Å²) in [6, 6.07) is 27.7. The molecular formula is C42H34N2O4. The lowest BCUT2D eigenvalue weighted by Crippen LogP contribution is -2.40. The van der Waals surface area contributed by atoms with Gasteiger partial charge in [0.2, 0.25) is 0 Å². The van der Waals surface area contributed by atoms with Crippen molar-refractivity contribution in [3.63, 3.8) is 0 Å². The minimum absolute atomic E-state index is 0.190. The summed E-state index contributed by atoms with van der Waals surface area (Å²) in [5.74, 6) is -2.66. The van der Waals surface area contributed by atoms with E-state index in [1.54, 1.807) is 42.5 Å². The van der Waals surface area contributed by atoms with Crippen molar-refractivity contribution in [3.8, 4) is 0 Å². The molecule has 0 radical (unpaired) electrons. The highest BCUT2D eigenvalue weighted by molar-refractivity contribution is 6.37. The number of ketones is 2. The van der Waals surface area contributed by atoms with Crippen molar-refractivity contribution in [1.29, 1.82) is 0 Å². The van der Waals surface area contributed by atoms with Gasteiger partial charge in [0.25, 0.3) is 11.8 Å². The molecule has 1 atom stereocenters. The Morgan fingerprint density at radius 1 is 0.583 bits per heavy atom. The molecule has 1 aliphatic heterocycles. The molecule has 2 heterocycles. The number of aromatic nitrogens is 1. The Balaban J connectivity index is 1.28. The second kappa shape index (κ2) is 10.0. The van der Waals surface area contributed by atoms with Crippen molar-refractivity contribution in [2.75, 3.05) is 4.90 Å². The number of rotatable bonds is 2. The molecule has 6 aromatic rings. The Morgan fingerprint density at radius 2 is 1.23 bits per heavy atom. The first kappa shape index (κ1) is 29.9. The molecule has 6 heteroatoms. The normalized spacial score (nSPS) is 16.5. The van der Waals surface area contributed by atoms with Crippen LogP contribution < -0.4 is 4.90 Å². The highest BCUT2D eigenvalue weighted by atomic mass is 16.2. The quantitative estimate of drug-likeness (QED) is 0.141. The van der Waals surface area contributed by atoms with Crippen LogP contribution in [0.2, 0.25) is 0 Å². The minimum atomic E-state index is -1.16. The molecule has 236 valence electrons. The summed E-state index contributed by atoms with van der Waals surface area (Å²) in [6.45, 7) is 12.6. The van der Waals surface area contributed by atoms with Crippen LogP contribution in [-0.2, 0) is 10.8 Å². The van der Waals surface area contributed by atoms with E-state index >= 15 is 0 Å². The third-order valence-electron chi connectivity index (χ3n) is 9.87. The molecular weight excluding hydrogens is 596 g/mol. The highest BCUT2D eigenvalue weighted by Gasteiger charge is 2.40. The Bertz CT molecular complexity index is 2440. The molecule has 6 nitrogen and oxygen atoms in total. The number of carbonyl (C=O) groups is 4. The zero-order valence-electron chi connectivity index (χ0n) is 27.8. The average molecular weight is 631 g/mol. The van der Waals surface area contributed by atoms with Gasteiger partial charge in [0.15, 0.2) is 11.6 Å². The Kier molecular flexibility index (Phi) is 6.23. The molecule has 1 aliphatic carbocycles. The summed E-state index contributed by atoms with van der Waals surface area (Å²) in [7, 11) is 0. The highest BCUT2D eigenvalue weighted by Crippen LogP contribution is 2.42. The molecule has 2 amide bonds. The van der Waals surface area contributed by atoms with Crippen LogP contribution in [0, 0.1) is 0 Å². The topological polar surface area (TPSA) is 84.4 Å². The van der Waals surface area contributed by atoms with Gasteiger partial charge in [0.05, 0.1) is 16.9 Å². The molecule has 0 saturated carbocycles. The third kappa shape index (κ3) is 4.21. The van der Waals surface area contributed by atoms with E-state index in [1.165, 1.54) is 4.90 Å². The van der Waals surface area contributed by atoms with Gasteiger partial charge in [0, 0.05) is 38.4 Å². The zero-order chi connectivity index (χ0) is 33.9. The van der Waals surface area contributed by atoms with Gasteiger partial charge in [-0.25, -0.2) is 9.88 Å². The molecule has 48 heavy (non-hydrogen) atoms. The number of Topliss-reactive ketones (excluding diaryl/α,β-unsaturated/α-hetero) is 2. The van der Waals surface area contributed by atoms with Crippen LogP contribution in [0.25, 0.3) is 32.4 Å². The molecule has 5 aromatic carbocycles. The number of hydrogen-bond donors (Lipinski definition) is 0. The van der Waals surface area contributed by atoms with E-state index in [0.717, 1.165) is 21.9 Å². The van der Waals surface area contributed by atoms with E-state index in [4.69, 9.17) is 4.98 Å². The number of para-hydroxylation sites is 1. The lowest BCUT2D eigenvalue weighted by atomic mass is 9.75. The van der Waals surface area contributed by atoms with E-state index in [-0.39, 0.29) is 28.1 Å². The van der Waals surface area contributed by atoms with Gasteiger partial charge in [-0.2, -0.15) is 0 Å². The number of carbonyl (C=O) groups excluding carboxylic acids is 4. The van der Waals surface area contributed by atoms with Crippen LogP contribution in [0.1, 0.15) is 106 Å². The van der Waals surface area contributed by atoms with Crippen LogP contribution in [0.4, 0.5) is 5.69 Å². The molecule has 0 fully saturated rings. The van der Waals surface area contributed by atoms with Crippen LogP contribution in [0.5, 0.6) is 0 Å². The van der Waals surface area contributed by atoms with Gasteiger partial charge in [-0.15, -0.1) is 0 Å². The Morgan fingerprint density at radius 3 is 1.96 bits per heavy atom. The van der Waals surface area contributed by atoms with Crippen molar-refractivity contribution in [3.05, 3.63) is 130 Å². The second-order valence-electron chi connectivity index (χ2n) is 15.0. The van der Waals surface area contributed by atoms with E-state index in [9.17, 15) is 19.2 Å². The van der Waals surface area contributed by atoms with Gasteiger partial charge in [-0.1, -0.05) is 102 Å². The largest absolute Gasteiger partial charge is 0.293 e. The minimum Gasteiger partial charge on any atom is -0.293 e. The predicted molar refractivity (Wildman–Crippen MR) is 190 cm³/mol. The maximum Gasteiger partial charge on any atom is 0.266 e. The van der Waals surface area contributed by atoms with Crippen molar-refractivity contribution in [1.82, 2.24) is 4.98 Å². The van der Waals surface area contributed by atoms with Gasteiger partial charge in [-0.05, 0) is 63.1 Å². The summed E-state index contributed by atoms with van der Waals surface area (Å²) in [5, 5.41) is 3.75. The Hall–Kier alpha value is -5.49. The maximum absolute atomic E-state index is 14.3. The summed E-state index contributed by atoms with van der Waals surface area (Å²) in [4.78, 5) is 62.9. The fourth-order valence-corrected chi connectivity index (χ4v) is 7.42. The number of nitrogens with zero attached hydrogens (tertiary/aromatic N) is 2.